The maximum atomic E-state index is 6.62. The molecule has 0 unspecified atom stereocenters. The molecule has 3 heterocycles. The minimum absolute atomic E-state index is 0.547. The van der Waals surface area contributed by atoms with Crippen LogP contribution in [0.25, 0.3) is 76.3 Å². The van der Waals surface area contributed by atoms with Crippen molar-refractivity contribution in [1.82, 2.24) is 9.97 Å². The molecule has 0 amide bonds. The third-order valence-corrected chi connectivity index (χ3v) is 13.0. The van der Waals surface area contributed by atoms with Gasteiger partial charge < -0.3 is 4.74 Å². The van der Waals surface area contributed by atoms with Gasteiger partial charge in [-0.25, -0.2) is 9.97 Å². The molecule has 0 radical (unpaired) electrons. The van der Waals surface area contributed by atoms with Crippen molar-refractivity contribution < 1.29 is 4.74 Å². The van der Waals surface area contributed by atoms with E-state index in [1.165, 1.54) is 38.1 Å². The number of fused-ring (bicyclic) bond motifs is 12. The smallest absolute Gasteiger partial charge is 0.160 e. The minimum Gasteiger partial charge on any atom is -0.457 e. The molecule has 2 aliphatic rings. The van der Waals surface area contributed by atoms with Crippen LogP contribution in [0.4, 0.5) is 0 Å². The summed E-state index contributed by atoms with van der Waals surface area (Å²) in [7, 11) is 0. The molecule has 0 saturated heterocycles. The van der Waals surface area contributed by atoms with Crippen molar-refractivity contribution in [2.75, 3.05) is 0 Å². The maximum Gasteiger partial charge on any atom is 0.160 e. The van der Waals surface area contributed by atoms with Crippen molar-refractivity contribution in [3.8, 4) is 67.5 Å². The third-order valence-electron chi connectivity index (χ3n) is 11.8. The largest absolute Gasteiger partial charge is 0.457 e. The SMILES string of the molecule is c1ccc(-c2ccc(-c3nc(-c4ccccc4-c4ccc5c(c4)C4(c6ccccc6Oc6ccccc64)c4ccccc4-5)c4sc5ccccc5c4n3)cc2)cc1. The first-order chi connectivity index (χ1) is 28.3. The zero-order valence-corrected chi connectivity index (χ0v) is 31.5. The van der Waals surface area contributed by atoms with E-state index in [-0.39, 0.29) is 0 Å². The molecule has 3 nitrogen and oxygen atoms in total. The fourth-order valence-electron chi connectivity index (χ4n) is 9.31. The first-order valence-electron chi connectivity index (χ1n) is 19.3. The minimum atomic E-state index is -0.547. The van der Waals surface area contributed by atoms with Gasteiger partial charge in [-0.3, -0.25) is 0 Å². The lowest BCUT2D eigenvalue weighted by Gasteiger charge is -2.39. The first kappa shape index (κ1) is 32.1. The highest BCUT2D eigenvalue weighted by Crippen LogP contribution is 2.62. The molecule has 2 aromatic heterocycles. The molecule has 8 aromatic carbocycles. The Bertz CT molecular complexity index is 3170. The van der Waals surface area contributed by atoms with Gasteiger partial charge in [-0.1, -0.05) is 170 Å². The van der Waals surface area contributed by atoms with E-state index in [4.69, 9.17) is 14.7 Å². The van der Waals surface area contributed by atoms with E-state index in [2.05, 4.69) is 188 Å². The molecular weight excluding hydrogens is 713 g/mol. The standard InChI is InChI=1S/C53H32N2OS/c1-2-14-33(15-3-1)34-26-28-35(29-27-34)52-54-49(51-50(55-52)41-19-7-13-25-48(41)57-51)40-18-5-4-16-37(40)36-30-31-39-38-17-6-8-20-42(38)53(45(39)32-36)43-21-9-11-23-46(43)56-47-24-12-10-22-44(47)53/h1-32H. The van der Waals surface area contributed by atoms with Crippen molar-refractivity contribution in [3.63, 3.8) is 0 Å². The van der Waals surface area contributed by atoms with Gasteiger partial charge in [0, 0.05) is 32.3 Å². The summed E-state index contributed by atoms with van der Waals surface area (Å²) in [5.74, 6) is 2.50. The number of ether oxygens (including phenoxy) is 1. The number of hydrogen-bond acceptors (Lipinski definition) is 4. The summed E-state index contributed by atoms with van der Waals surface area (Å²) >= 11 is 1.77. The van der Waals surface area contributed by atoms with Crippen LogP contribution in [0.3, 0.4) is 0 Å². The third kappa shape index (κ3) is 4.71. The average molecular weight is 745 g/mol. The molecule has 12 rings (SSSR count). The van der Waals surface area contributed by atoms with Crippen LogP contribution >= 0.6 is 11.3 Å². The Labute approximate surface area is 334 Å². The van der Waals surface area contributed by atoms with Crippen LogP contribution in [0.2, 0.25) is 0 Å². The lowest BCUT2D eigenvalue weighted by atomic mass is 9.66. The number of nitrogens with zero attached hydrogens (tertiary/aromatic N) is 2. The Morgan fingerprint density at radius 1 is 0.404 bits per heavy atom. The number of benzene rings is 8. The van der Waals surface area contributed by atoms with Gasteiger partial charge >= 0.3 is 0 Å². The highest BCUT2D eigenvalue weighted by Gasteiger charge is 2.51. The van der Waals surface area contributed by atoms with Crippen LogP contribution in [-0.4, -0.2) is 9.97 Å². The molecule has 1 spiro atoms. The van der Waals surface area contributed by atoms with Crippen LogP contribution in [0.5, 0.6) is 11.5 Å². The summed E-state index contributed by atoms with van der Waals surface area (Å²) in [4.78, 5) is 10.7. The molecule has 0 bridgehead atoms. The van der Waals surface area contributed by atoms with E-state index >= 15 is 0 Å². The maximum absolute atomic E-state index is 6.62. The van der Waals surface area contributed by atoms with Gasteiger partial charge in [0.2, 0.25) is 0 Å². The van der Waals surface area contributed by atoms with Gasteiger partial charge in [-0.05, 0) is 68.8 Å². The van der Waals surface area contributed by atoms with Gasteiger partial charge in [0.1, 0.15) is 11.5 Å². The summed E-state index contributed by atoms with van der Waals surface area (Å²) in [5, 5.41) is 1.15. The van der Waals surface area contributed by atoms with Crippen molar-refractivity contribution in [1.29, 1.82) is 0 Å². The van der Waals surface area contributed by atoms with E-state index < -0.39 is 5.41 Å². The summed E-state index contributed by atoms with van der Waals surface area (Å²) in [5.41, 5.74) is 15.4. The van der Waals surface area contributed by atoms with Crippen LogP contribution in [-0.2, 0) is 5.41 Å². The molecule has 1 aliphatic heterocycles. The van der Waals surface area contributed by atoms with Crippen LogP contribution in [0, 0.1) is 0 Å². The molecule has 0 N–H and O–H groups in total. The Kier molecular flexibility index (Phi) is 7.01. The molecule has 0 fully saturated rings. The fraction of sp³-hybridized carbons (Fsp3) is 0.0189. The predicted molar refractivity (Wildman–Crippen MR) is 234 cm³/mol. The van der Waals surface area contributed by atoms with E-state index in [9.17, 15) is 0 Å². The van der Waals surface area contributed by atoms with Gasteiger partial charge in [-0.15, -0.1) is 11.3 Å². The second-order valence-corrected chi connectivity index (χ2v) is 15.9. The average Bonchev–Trinajstić information content (AvgIpc) is 3.80. The summed E-state index contributed by atoms with van der Waals surface area (Å²) in [6.07, 6.45) is 0. The first-order valence-corrected chi connectivity index (χ1v) is 20.1. The van der Waals surface area contributed by atoms with Gasteiger partial charge in [0.15, 0.2) is 5.82 Å². The number of aromatic nitrogens is 2. The molecule has 10 aromatic rings. The van der Waals surface area contributed by atoms with Crippen molar-refractivity contribution in [3.05, 3.63) is 216 Å². The van der Waals surface area contributed by atoms with Gasteiger partial charge in [0.25, 0.3) is 0 Å². The van der Waals surface area contributed by atoms with Gasteiger partial charge in [-0.2, -0.15) is 0 Å². The lowest BCUT2D eigenvalue weighted by molar-refractivity contribution is 0.436. The highest BCUT2D eigenvalue weighted by atomic mass is 32.1. The molecule has 1 aliphatic carbocycles. The second kappa shape index (κ2) is 12.4. The molecule has 0 atom stereocenters. The normalized spacial score (nSPS) is 13.2. The Morgan fingerprint density at radius 2 is 0.965 bits per heavy atom. The summed E-state index contributed by atoms with van der Waals surface area (Å²) in [6, 6.07) is 69.5. The number of rotatable bonds is 4. The Morgan fingerprint density at radius 3 is 1.74 bits per heavy atom. The van der Waals surface area contributed by atoms with Crippen molar-refractivity contribution >= 4 is 31.6 Å². The van der Waals surface area contributed by atoms with E-state index in [0.717, 1.165) is 66.2 Å². The van der Waals surface area contributed by atoms with E-state index in [1.807, 2.05) is 6.07 Å². The number of para-hydroxylation sites is 2. The molecule has 57 heavy (non-hydrogen) atoms. The summed E-state index contributed by atoms with van der Waals surface area (Å²) in [6.45, 7) is 0. The fourth-order valence-corrected chi connectivity index (χ4v) is 10.5. The Balaban J connectivity index is 1.08. The topological polar surface area (TPSA) is 35.0 Å². The van der Waals surface area contributed by atoms with Crippen molar-refractivity contribution in [2.24, 2.45) is 0 Å². The molecular formula is C53H32N2OS. The summed E-state index contributed by atoms with van der Waals surface area (Å²) < 4.78 is 8.90. The van der Waals surface area contributed by atoms with Gasteiger partial charge in [0.05, 0.1) is 21.3 Å². The number of thiophene rings is 1. The predicted octanol–water partition coefficient (Wildman–Crippen LogP) is 14.0. The quantitative estimate of drug-likeness (QED) is 0.180. The molecule has 266 valence electrons. The van der Waals surface area contributed by atoms with E-state index in [0.29, 0.717) is 5.82 Å². The second-order valence-electron chi connectivity index (χ2n) is 14.8. The van der Waals surface area contributed by atoms with Crippen LogP contribution in [0.15, 0.2) is 194 Å². The van der Waals surface area contributed by atoms with Crippen molar-refractivity contribution in [2.45, 2.75) is 5.41 Å². The van der Waals surface area contributed by atoms with Crippen LogP contribution in [0.1, 0.15) is 22.3 Å². The molecule has 4 heteroatoms. The zero-order valence-electron chi connectivity index (χ0n) is 30.7. The van der Waals surface area contributed by atoms with E-state index in [1.54, 1.807) is 11.3 Å². The lowest BCUT2D eigenvalue weighted by Crippen LogP contribution is -2.32. The monoisotopic (exact) mass is 744 g/mol. The Hall–Kier alpha value is -7.14. The van der Waals surface area contributed by atoms with Crippen LogP contribution < -0.4 is 4.74 Å². The number of hydrogen-bond donors (Lipinski definition) is 0. The highest BCUT2D eigenvalue weighted by molar-refractivity contribution is 7.26. The zero-order chi connectivity index (χ0) is 37.5. The molecule has 0 saturated carbocycles.